The smallest absolute Gasteiger partial charge is 0.303 e. The number of carboxylic acids is 1. The van der Waals surface area contributed by atoms with Crippen LogP contribution in [0.2, 0.25) is 0 Å². The largest absolute Gasteiger partial charge is 0.481 e. The summed E-state index contributed by atoms with van der Waals surface area (Å²) in [6.45, 7) is 4.53. The van der Waals surface area contributed by atoms with Crippen molar-refractivity contribution in [2.45, 2.75) is 56.8 Å². The maximum absolute atomic E-state index is 13.7. The first-order valence-electron chi connectivity index (χ1n) is 11.9. The number of hydrogen-bond acceptors (Lipinski definition) is 5. The number of ether oxygens (including phenoxy) is 1. The molecule has 1 unspecified atom stereocenters. The summed E-state index contributed by atoms with van der Waals surface area (Å²) in [6, 6.07) is 14.1. The van der Waals surface area contributed by atoms with E-state index in [0.717, 1.165) is 18.4 Å². The Kier molecular flexibility index (Phi) is 9.17. The van der Waals surface area contributed by atoms with Gasteiger partial charge in [-0.15, -0.1) is 0 Å². The summed E-state index contributed by atoms with van der Waals surface area (Å²) >= 11 is 0. The highest BCUT2D eigenvalue weighted by Crippen LogP contribution is 2.39. The Morgan fingerprint density at radius 2 is 1.72 bits per heavy atom. The number of benzene rings is 2. The van der Waals surface area contributed by atoms with Gasteiger partial charge in [-0.25, -0.2) is 22.9 Å². The fourth-order valence-corrected chi connectivity index (χ4v) is 4.40. The van der Waals surface area contributed by atoms with Gasteiger partial charge in [-0.2, -0.15) is 0 Å². The third-order valence-corrected chi connectivity index (χ3v) is 6.85. The van der Waals surface area contributed by atoms with Gasteiger partial charge in [0.05, 0.1) is 17.2 Å². The molecule has 1 aromatic heterocycles. The molecule has 1 heterocycles. The van der Waals surface area contributed by atoms with Crippen LogP contribution >= 0.6 is 0 Å². The van der Waals surface area contributed by atoms with Crippen molar-refractivity contribution in [3.8, 4) is 28.3 Å². The Morgan fingerprint density at radius 3 is 2.31 bits per heavy atom. The van der Waals surface area contributed by atoms with Gasteiger partial charge in [0.25, 0.3) is 0 Å². The van der Waals surface area contributed by atoms with Crippen LogP contribution < -0.4 is 9.88 Å². The Labute approximate surface area is 211 Å². The lowest BCUT2D eigenvalue weighted by molar-refractivity contribution is -0.137. The minimum atomic E-state index is -3.85. The highest BCUT2D eigenvalue weighted by molar-refractivity contribution is 7.89. The summed E-state index contributed by atoms with van der Waals surface area (Å²) < 4.78 is 43.2. The van der Waals surface area contributed by atoms with Crippen molar-refractivity contribution in [2.24, 2.45) is 5.14 Å². The quantitative estimate of drug-likeness (QED) is 0.298. The standard InChI is InChI=1S/C27H31FN2O5S/c1-3-4-16-35-27-23(18(2)6-5-7-25(31)32)17-24(19-10-14-22(15-11-19)36(29,33)34)26(30-27)20-8-12-21(28)13-9-20/h8-15,17-18H,3-7,16H2,1-2H3,(H,31,32)(H2,29,33,34). The van der Waals surface area contributed by atoms with Crippen LogP contribution in [0, 0.1) is 5.82 Å². The topological polar surface area (TPSA) is 120 Å². The molecule has 9 heteroatoms. The Hall–Kier alpha value is -3.30. The van der Waals surface area contributed by atoms with Crippen LogP contribution in [-0.4, -0.2) is 31.1 Å². The zero-order chi connectivity index (χ0) is 26.3. The molecule has 3 N–H and O–H groups in total. The number of rotatable bonds is 12. The maximum atomic E-state index is 13.7. The molecule has 0 saturated carbocycles. The second kappa shape index (κ2) is 12.1. The molecule has 36 heavy (non-hydrogen) atoms. The molecule has 192 valence electrons. The van der Waals surface area contributed by atoms with E-state index < -0.39 is 16.0 Å². The summed E-state index contributed by atoms with van der Waals surface area (Å²) in [7, 11) is -3.85. The van der Waals surface area contributed by atoms with E-state index in [9.17, 15) is 17.6 Å². The first-order valence-corrected chi connectivity index (χ1v) is 13.4. The van der Waals surface area contributed by atoms with Gasteiger partial charge in [0, 0.05) is 23.1 Å². The SMILES string of the molecule is CCCCOc1nc(-c2ccc(F)cc2)c(-c2ccc(S(N)(=O)=O)cc2)cc1C(C)CCCC(=O)O. The molecule has 0 aliphatic carbocycles. The molecule has 0 aliphatic rings. The normalized spacial score (nSPS) is 12.3. The van der Waals surface area contributed by atoms with Crippen molar-refractivity contribution >= 4 is 16.0 Å². The number of sulfonamides is 1. The predicted octanol–water partition coefficient (Wildman–Crippen LogP) is 5.74. The van der Waals surface area contributed by atoms with Crippen LogP contribution in [0.5, 0.6) is 5.88 Å². The second-order valence-corrected chi connectivity index (χ2v) is 10.3. The molecule has 2 aromatic carbocycles. The zero-order valence-corrected chi connectivity index (χ0v) is 21.2. The lowest BCUT2D eigenvalue weighted by Gasteiger charge is -2.20. The average Bonchev–Trinajstić information content (AvgIpc) is 2.83. The molecule has 0 bridgehead atoms. The molecule has 0 fully saturated rings. The van der Waals surface area contributed by atoms with Crippen LogP contribution in [0.1, 0.15) is 57.4 Å². The van der Waals surface area contributed by atoms with Gasteiger partial charge in [-0.1, -0.05) is 32.4 Å². The number of aliphatic carboxylic acids is 1. The molecule has 7 nitrogen and oxygen atoms in total. The van der Waals surface area contributed by atoms with Crippen molar-refractivity contribution in [3.63, 3.8) is 0 Å². The summed E-state index contributed by atoms with van der Waals surface area (Å²) in [5.41, 5.74) is 3.48. The minimum Gasteiger partial charge on any atom is -0.481 e. The van der Waals surface area contributed by atoms with Crippen LogP contribution in [0.15, 0.2) is 59.5 Å². The highest BCUT2D eigenvalue weighted by atomic mass is 32.2. The lowest BCUT2D eigenvalue weighted by atomic mass is 9.91. The number of nitrogens with zero attached hydrogens (tertiary/aromatic N) is 1. The maximum Gasteiger partial charge on any atom is 0.303 e. The number of pyridine rings is 1. The molecular formula is C27H31FN2O5S. The third kappa shape index (κ3) is 7.11. The van der Waals surface area contributed by atoms with Crippen LogP contribution in [0.25, 0.3) is 22.4 Å². The van der Waals surface area contributed by atoms with E-state index in [4.69, 9.17) is 20.0 Å². The van der Waals surface area contributed by atoms with Gasteiger partial charge >= 0.3 is 5.97 Å². The molecule has 3 aromatic rings. The van der Waals surface area contributed by atoms with E-state index in [2.05, 4.69) is 6.92 Å². The van der Waals surface area contributed by atoms with E-state index in [1.807, 2.05) is 13.0 Å². The molecular weight excluding hydrogens is 483 g/mol. The average molecular weight is 515 g/mol. The summed E-state index contributed by atoms with van der Waals surface area (Å²) in [5, 5.41) is 14.3. The molecule has 3 rings (SSSR count). The Balaban J connectivity index is 2.16. The monoisotopic (exact) mass is 514 g/mol. The number of carboxylic acid groups (broad SMARTS) is 1. The Bertz CT molecular complexity index is 1290. The number of aromatic nitrogens is 1. The summed E-state index contributed by atoms with van der Waals surface area (Å²) in [6.07, 6.45) is 2.99. The molecule has 0 aliphatic heterocycles. The minimum absolute atomic E-state index is 0.00989. The fraction of sp³-hybridized carbons (Fsp3) is 0.333. The number of carbonyl (C=O) groups is 1. The van der Waals surface area contributed by atoms with E-state index in [0.29, 0.717) is 47.7 Å². The van der Waals surface area contributed by atoms with Crippen molar-refractivity contribution in [3.05, 3.63) is 66.0 Å². The molecule has 1 atom stereocenters. The van der Waals surface area contributed by atoms with Gasteiger partial charge in [0.2, 0.25) is 15.9 Å². The number of halogens is 1. The van der Waals surface area contributed by atoms with E-state index in [1.165, 1.54) is 24.3 Å². The van der Waals surface area contributed by atoms with E-state index in [1.54, 1.807) is 24.3 Å². The summed E-state index contributed by atoms with van der Waals surface area (Å²) in [5.74, 6) is -0.809. The molecule has 0 spiro atoms. The zero-order valence-electron chi connectivity index (χ0n) is 20.4. The van der Waals surface area contributed by atoms with Gasteiger partial charge in [-0.05, 0) is 73.2 Å². The van der Waals surface area contributed by atoms with Gasteiger partial charge in [0.15, 0.2) is 0 Å². The number of nitrogens with two attached hydrogens (primary N) is 1. The summed E-state index contributed by atoms with van der Waals surface area (Å²) in [4.78, 5) is 15.8. The third-order valence-electron chi connectivity index (χ3n) is 5.92. The second-order valence-electron chi connectivity index (χ2n) is 8.74. The van der Waals surface area contributed by atoms with Crippen molar-refractivity contribution in [2.75, 3.05) is 6.61 Å². The molecule has 0 amide bonds. The van der Waals surface area contributed by atoms with Crippen LogP contribution in [0.4, 0.5) is 4.39 Å². The van der Waals surface area contributed by atoms with Crippen LogP contribution in [-0.2, 0) is 14.8 Å². The molecule has 0 radical (unpaired) electrons. The fourth-order valence-electron chi connectivity index (χ4n) is 3.88. The van der Waals surface area contributed by atoms with Gasteiger partial charge in [0.1, 0.15) is 5.82 Å². The number of unbranched alkanes of at least 4 members (excludes halogenated alkanes) is 1. The van der Waals surface area contributed by atoms with E-state index in [-0.39, 0.29) is 23.1 Å². The molecule has 0 saturated heterocycles. The van der Waals surface area contributed by atoms with E-state index >= 15 is 0 Å². The lowest BCUT2D eigenvalue weighted by Crippen LogP contribution is -2.11. The number of hydrogen-bond donors (Lipinski definition) is 2. The first kappa shape index (κ1) is 27.3. The van der Waals surface area contributed by atoms with Crippen molar-refractivity contribution < 1.29 is 27.4 Å². The van der Waals surface area contributed by atoms with Crippen molar-refractivity contribution in [1.82, 2.24) is 4.98 Å². The van der Waals surface area contributed by atoms with Gasteiger partial charge in [-0.3, -0.25) is 4.79 Å². The number of primary sulfonamides is 1. The van der Waals surface area contributed by atoms with Crippen molar-refractivity contribution in [1.29, 1.82) is 0 Å². The Morgan fingerprint density at radius 1 is 1.08 bits per heavy atom. The van der Waals surface area contributed by atoms with Crippen LogP contribution in [0.3, 0.4) is 0 Å². The predicted molar refractivity (Wildman–Crippen MR) is 137 cm³/mol. The van der Waals surface area contributed by atoms with Gasteiger partial charge < -0.3 is 9.84 Å². The first-order chi connectivity index (χ1) is 17.1. The highest BCUT2D eigenvalue weighted by Gasteiger charge is 2.21.